The van der Waals surface area contributed by atoms with Crippen LogP contribution in [0.5, 0.6) is 0 Å². The summed E-state index contributed by atoms with van der Waals surface area (Å²) in [5, 5.41) is 3.14. The summed E-state index contributed by atoms with van der Waals surface area (Å²) in [6.45, 7) is 8.16. The molecule has 0 aliphatic carbocycles. The molecule has 156 valence electrons. The van der Waals surface area contributed by atoms with Crippen molar-refractivity contribution in [2.75, 3.05) is 31.6 Å². The number of carbonyl (C=O) groups excluding carboxylic acids is 1. The van der Waals surface area contributed by atoms with Gasteiger partial charge < -0.3 is 14.6 Å². The van der Waals surface area contributed by atoms with E-state index >= 15 is 0 Å². The second kappa shape index (κ2) is 9.16. The lowest BCUT2D eigenvalue weighted by molar-refractivity contribution is 0.0342. The minimum Gasteiger partial charge on any atom is -0.379 e. The van der Waals surface area contributed by atoms with Gasteiger partial charge in [0.15, 0.2) is 0 Å². The van der Waals surface area contributed by atoms with Gasteiger partial charge in [0.05, 0.1) is 18.8 Å². The number of amides is 1. The van der Waals surface area contributed by atoms with E-state index in [1.165, 1.54) is 0 Å². The Hall–Kier alpha value is -2.41. The molecule has 1 aromatic heterocycles. The van der Waals surface area contributed by atoms with Crippen molar-refractivity contribution in [3.63, 3.8) is 0 Å². The molecular weight excluding hydrogens is 442 g/mol. The molecule has 0 radical (unpaired) electrons. The number of para-hydroxylation sites is 1. The Morgan fingerprint density at radius 3 is 2.60 bits per heavy atom. The molecule has 2 aromatic carbocycles. The Morgan fingerprint density at radius 1 is 1.07 bits per heavy atom. The number of aryl methyl sites for hydroxylation is 1. The molecule has 0 bridgehead atoms. The summed E-state index contributed by atoms with van der Waals surface area (Å²) in [5.41, 5.74) is 5.65. The Labute approximate surface area is 185 Å². The summed E-state index contributed by atoms with van der Waals surface area (Å²) in [6.07, 6.45) is 0. The van der Waals surface area contributed by atoms with Crippen molar-refractivity contribution in [2.24, 2.45) is 0 Å². The number of nitrogens with one attached hydrogen (secondary N) is 1. The van der Waals surface area contributed by atoms with Crippen molar-refractivity contribution in [1.29, 1.82) is 0 Å². The lowest BCUT2D eigenvalue weighted by Gasteiger charge is -2.27. The summed E-state index contributed by atoms with van der Waals surface area (Å²) in [4.78, 5) is 15.5. The van der Waals surface area contributed by atoms with Gasteiger partial charge >= 0.3 is 0 Å². The zero-order chi connectivity index (χ0) is 21.1. The first-order valence-electron chi connectivity index (χ1n) is 10.2. The van der Waals surface area contributed by atoms with Gasteiger partial charge in [0.25, 0.3) is 5.91 Å². The SMILES string of the molecule is Cc1cc(C(=O)Nc2ccccc2CN2CCOCC2)c(C)n1-c1cccc(Br)c1. The number of morpholine rings is 1. The zero-order valence-electron chi connectivity index (χ0n) is 17.3. The normalized spacial score (nSPS) is 14.6. The average molecular weight is 468 g/mol. The Balaban J connectivity index is 1.57. The van der Waals surface area contributed by atoms with Crippen molar-refractivity contribution in [1.82, 2.24) is 9.47 Å². The van der Waals surface area contributed by atoms with Gasteiger partial charge in [-0.05, 0) is 49.7 Å². The molecule has 1 N–H and O–H groups in total. The molecule has 2 heterocycles. The first kappa shape index (κ1) is 20.8. The summed E-state index contributed by atoms with van der Waals surface area (Å²) in [5.74, 6) is -0.0845. The van der Waals surface area contributed by atoms with Crippen LogP contribution in [0.1, 0.15) is 27.3 Å². The average Bonchev–Trinajstić information content (AvgIpc) is 3.04. The van der Waals surface area contributed by atoms with E-state index in [1.54, 1.807) is 0 Å². The standard InChI is InChI=1S/C24H26BrN3O2/c1-17-14-22(18(2)28(17)21-8-5-7-20(25)15-21)24(29)26-23-9-4-3-6-19(23)16-27-10-12-30-13-11-27/h3-9,14-15H,10-13,16H2,1-2H3,(H,26,29). The van der Waals surface area contributed by atoms with Gasteiger partial charge in [0.2, 0.25) is 0 Å². The van der Waals surface area contributed by atoms with E-state index in [1.807, 2.05) is 56.3 Å². The highest BCUT2D eigenvalue weighted by atomic mass is 79.9. The first-order chi connectivity index (χ1) is 14.5. The van der Waals surface area contributed by atoms with E-state index in [-0.39, 0.29) is 5.91 Å². The highest BCUT2D eigenvalue weighted by Crippen LogP contribution is 2.25. The third-order valence-electron chi connectivity index (χ3n) is 5.51. The molecule has 4 rings (SSSR count). The first-order valence-corrected chi connectivity index (χ1v) is 11.0. The molecule has 0 atom stereocenters. The van der Waals surface area contributed by atoms with Crippen molar-refractivity contribution in [2.45, 2.75) is 20.4 Å². The largest absolute Gasteiger partial charge is 0.379 e. The van der Waals surface area contributed by atoms with Gasteiger partial charge in [-0.2, -0.15) is 0 Å². The van der Waals surface area contributed by atoms with E-state index < -0.39 is 0 Å². The molecule has 1 aliphatic heterocycles. The van der Waals surface area contributed by atoms with Crippen molar-refractivity contribution in [3.05, 3.63) is 81.6 Å². The maximum Gasteiger partial charge on any atom is 0.257 e. The maximum atomic E-state index is 13.2. The van der Waals surface area contributed by atoms with Crippen molar-refractivity contribution >= 4 is 27.5 Å². The number of rotatable bonds is 5. The van der Waals surface area contributed by atoms with Crippen LogP contribution >= 0.6 is 15.9 Å². The Morgan fingerprint density at radius 2 is 1.83 bits per heavy atom. The molecule has 1 amide bonds. The summed E-state index contributed by atoms with van der Waals surface area (Å²) < 4.78 is 8.56. The number of carbonyl (C=O) groups is 1. The zero-order valence-corrected chi connectivity index (χ0v) is 18.9. The number of anilines is 1. The molecule has 6 heteroatoms. The summed E-state index contributed by atoms with van der Waals surface area (Å²) >= 11 is 3.53. The highest BCUT2D eigenvalue weighted by molar-refractivity contribution is 9.10. The Kier molecular flexibility index (Phi) is 6.37. The van der Waals surface area contributed by atoms with Gasteiger partial charge in [-0.15, -0.1) is 0 Å². The van der Waals surface area contributed by atoms with Gasteiger partial charge in [-0.3, -0.25) is 9.69 Å². The third kappa shape index (κ3) is 4.51. The van der Waals surface area contributed by atoms with Gasteiger partial charge in [-0.25, -0.2) is 0 Å². The molecule has 0 saturated carbocycles. The molecule has 30 heavy (non-hydrogen) atoms. The second-order valence-corrected chi connectivity index (χ2v) is 8.52. The fourth-order valence-electron chi connectivity index (χ4n) is 3.98. The minimum absolute atomic E-state index is 0.0845. The quantitative estimate of drug-likeness (QED) is 0.577. The summed E-state index contributed by atoms with van der Waals surface area (Å²) in [6, 6.07) is 18.1. The fourth-order valence-corrected chi connectivity index (χ4v) is 4.36. The molecule has 1 saturated heterocycles. The van der Waals surface area contributed by atoms with Crippen LogP contribution in [-0.2, 0) is 11.3 Å². The Bertz CT molecular complexity index is 1050. The van der Waals surface area contributed by atoms with Gasteiger partial charge in [0.1, 0.15) is 0 Å². The van der Waals surface area contributed by atoms with Crippen molar-refractivity contribution < 1.29 is 9.53 Å². The lowest BCUT2D eigenvalue weighted by atomic mass is 10.1. The molecule has 0 spiro atoms. The smallest absolute Gasteiger partial charge is 0.257 e. The molecule has 0 unspecified atom stereocenters. The van der Waals surface area contributed by atoms with Crippen LogP contribution in [0, 0.1) is 13.8 Å². The summed E-state index contributed by atoms with van der Waals surface area (Å²) in [7, 11) is 0. The fraction of sp³-hybridized carbons (Fsp3) is 0.292. The van der Waals surface area contributed by atoms with Crippen LogP contribution < -0.4 is 5.32 Å². The van der Waals surface area contributed by atoms with Gasteiger partial charge in [-0.1, -0.05) is 40.2 Å². The molecular formula is C24H26BrN3O2. The van der Waals surface area contributed by atoms with Crippen LogP contribution in [-0.4, -0.2) is 41.7 Å². The predicted octanol–water partition coefficient (Wildman–Crippen LogP) is 4.94. The molecule has 5 nitrogen and oxygen atoms in total. The third-order valence-corrected chi connectivity index (χ3v) is 6.00. The lowest BCUT2D eigenvalue weighted by Crippen LogP contribution is -2.35. The van der Waals surface area contributed by atoms with Crippen LogP contribution in [0.15, 0.2) is 59.1 Å². The number of ether oxygens (including phenoxy) is 1. The molecule has 1 aliphatic rings. The van der Waals surface area contributed by atoms with Crippen LogP contribution in [0.25, 0.3) is 5.69 Å². The monoisotopic (exact) mass is 467 g/mol. The molecule has 3 aromatic rings. The maximum absolute atomic E-state index is 13.2. The topological polar surface area (TPSA) is 46.5 Å². The van der Waals surface area contributed by atoms with Crippen LogP contribution in [0.4, 0.5) is 5.69 Å². The number of hydrogen-bond donors (Lipinski definition) is 1. The minimum atomic E-state index is -0.0845. The van der Waals surface area contributed by atoms with Gasteiger partial charge in [0, 0.05) is 46.9 Å². The second-order valence-electron chi connectivity index (χ2n) is 7.60. The van der Waals surface area contributed by atoms with E-state index in [2.05, 4.69) is 42.8 Å². The number of hydrogen-bond acceptors (Lipinski definition) is 3. The van der Waals surface area contributed by atoms with E-state index in [4.69, 9.17) is 4.74 Å². The number of benzene rings is 2. The van der Waals surface area contributed by atoms with Crippen molar-refractivity contribution in [3.8, 4) is 5.69 Å². The van der Waals surface area contributed by atoms with E-state index in [0.29, 0.717) is 5.56 Å². The van der Waals surface area contributed by atoms with Crippen LogP contribution in [0.2, 0.25) is 0 Å². The molecule has 1 fully saturated rings. The highest BCUT2D eigenvalue weighted by Gasteiger charge is 2.19. The number of nitrogens with zero attached hydrogens (tertiary/aromatic N) is 2. The van der Waals surface area contributed by atoms with E-state index in [9.17, 15) is 4.79 Å². The number of aromatic nitrogens is 1. The van der Waals surface area contributed by atoms with E-state index in [0.717, 1.165) is 65.6 Å². The predicted molar refractivity (Wildman–Crippen MR) is 123 cm³/mol. The van der Waals surface area contributed by atoms with Crippen LogP contribution in [0.3, 0.4) is 0 Å². The number of halogens is 1.